The lowest BCUT2D eigenvalue weighted by atomic mass is 9.93. The molecule has 2 aliphatic heterocycles. The van der Waals surface area contributed by atoms with Gasteiger partial charge in [0.15, 0.2) is 0 Å². The number of rotatable bonds is 3. The van der Waals surface area contributed by atoms with Gasteiger partial charge in [0.05, 0.1) is 16.5 Å². The molecule has 1 aromatic heterocycles. The van der Waals surface area contributed by atoms with Crippen LogP contribution in [-0.4, -0.2) is 46.7 Å². The Morgan fingerprint density at radius 2 is 2.16 bits per heavy atom. The molecular weight excluding hydrogens is 340 g/mol. The predicted octanol–water partition coefficient (Wildman–Crippen LogP) is 2.79. The van der Waals surface area contributed by atoms with Crippen LogP contribution in [0.5, 0.6) is 0 Å². The number of fused-ring (bicyclic) bond motifs is 1. The Morgan fingerprint density at radius 3 is 2.76 bits per heavy atom. The lowest BCUT2D eigenvalue weighted by Gasteiger charge is -2.43. The normalized spacial score (nSPS) is 26.5. The molecule has 2 saturated heterocycles. The molecule has 0 bridgehead atoms. The van der Waals surface area contributed by atoms with Gasteiger partial charge in [-0.15, -0.1) is 0 Å². The summed E-state index contributed by atoms with van der Waals surface area (Å²) in [5.41, 5.74) is 0.723. The zero-order valence-corrected chi connectivity index (χ0v) is 14.7. The second-order valence-electron chi connectivity index (χ2n) is 7.63. The Labute approximate surface area is 150 Å². The van der Waals surface area contributed by atoms with Crippen LogP contribution in [0.25, 0.3) is 10.9 Å². The fourth-order valence-electron chi connectivity index (χ4n) is 4.18. The summed E-state index contributed by atoms with van der Waals surface area (Å²) in [5.74, 6) is 0.727. The molecular formula is C18H19ClN4O2. The number of hydrogen-bond acceptors (Lipinski definition) is 5. The zero-order chi connectivity index (χ0) is 17.3. The van der Waals surface area contributed by atoms with Crippen molar-refractivity contribution in [3.63, 3.8) is 0 Å². The third-order valence-corrected chi connectivity index (χ3v) is 6.33. The Kier molecular flexibility index (Phi) is 3.02. The Balaban J connectivity index is 1.53. The van der Waals surface area contributed by atoms with Gasteiger partial charge in [-0.2, -0.15) is 4.98 Å². The maximum atomic E-state index is 11.2. The van der Waals surface area contributed by atoms with E-state index in [9.17, 15) is 9.90 Å². The highest BCUT2D eigenvalue weighted by Crippen LogP contribution is 2.59. The minimum atomic E-state index is -0.676. The van der Waals surface area contributed by atoms with Crippen molar-refractivity contribution in [2.45, 2.75) is 25.8 Å². The number of halogens is 1. The summed E-state index contributed by atoms with van der Waals surface area (Å²) in [6.07, 6.45) is 1.92. The molecule has 130 valence electrons. The van der Waals surface area contributed by atoms with Gasteiger partial charge in [0.25, 0.3) is 0 Å². The van der Waals surface area contributed by atoms with Gasteiger partial charge in [0.1, 0.15) is 5.82 Å². The van der Waals surface area contributed by atoms with Gasteiger partial charge in [-0.05, 0) is 31.9 Å². The summed E-state index contributed by atoms with van der Waals surface area (Å²) in [6, 6.07) is 6.20. The second kappa shape index (κ2) is 4.97. The number of nitrogens with zero attached hydrogens (tertiary/aromatic N) is 4. The molecule has 2 atom stereocenters. The molecule has 1 unspecified atom stereocenters. The zero-order valence-electron chi connectivity index (χ0n) is 13.9. The molecule has 7 heteroatoms. The smallest absolute Gasteiger partial charge is 0.307 e. The van der Waals surface area contributed by atoms with Crippen LogP contribution in [0.1, 0.15) is 19.8 Å². The molecule has 1 aliphatic carbocycles. The highest BCUT2D eigenvalue weighted by atomic mass is 35.5. The van der Waals surface area contributed by atoms with E-state index in [1.807, 2.05) is 18.2 Å². The van der Waals surface area contributed by atoms with Crippen molar-refractivity contribution < 1.29 is 9.90 Å². The summed E-state index contributed by atoms with van der Waals surface area (Å²) in [4.78, 5) is 25.1. The van der Waals surface area contributed by atoms with E-state index in [-0.39, 0.29) is 11.3 Å². The molecule has 25 heavy (non-hydrogen) atoms. The summed E-state index contributed by atoms with van der Waals surface area (Å²) < 4.78 is 0. The van der Waals surface area contributed by atoms with E-state index in [1.165, 1.54) is 0 Å². The van der Waals surface area contributed by atoms with Crippen molar-refractivity contribution >= 4 is 40.2 Å². The van der Waals surface area contributed by atoms with Crippen LogP contribution in [0.15, 0.2) is 18.2 Å². The van der Waals surface area contributed by atoms with Gasteiger partial charge >= 0.3 is 5.97 Å². The predicted molar refractivity (Wildman–Crippen MR) is 96.4 cm³/mol. The van der Waals surface area contributed by atoms with Crippen molar-refractivity contribution in [1.82, 2.24) is 9.97 Å². The lowest BCUT2D eigenvalue weighted by Crippen LogP contribution is -2.51. The number of aromatic nitrogens is 2. The van der Waals surface area contributed by atoms with E-state index >= 15 is 0 Å². The largest absolute Gasteiger partial charge is 0.481 e. The average Bonchev–Trinajstić information content (AvgIpc) is 3.28. The van der Waals surface area contributed by atoms with Gasteiger partial charge in [-0.1, -0.05) is 17.7 Å². The Hall–Kier alpha value is -2.08. The molecule has 1 spiro atoms. The van der Waals surface area contributed by atoms with Crippen LogP contribution >= 0.6 is 11.6 Å². The summed E-state index contributed by atoms with van der Waals surface area (Å²) >= 11 is 6.40. The molecule has 3 heterocycles. The summed E-state index contributed by atoms with van der Waals surface area (Å²) in [6.45, 7) is 4.63. The van der Waals surface area contributed by atoms with Crippen molar-refractivity contribution in [3.05, 3.63) is 23.2 Å². The molecule has 6 nitrogen and oxygen atoms in total. The fourth-order valence-corrected chi connectivity index (χ4v) is 4.40. The molecule has 3 aliphatic rings. The molecule has 1 N–H and O–H groups in total. The van der Waals surface area contributed by atoms with Crippen molar-refractivity contribution in [2.75, 3.05) is 29.4 Å². The SMILES string of the molecule is C[C@H]1CCN1c1nc(N2CC3(CC3C(=O)O)C2)c2cccc(Cl)c2n1. The minimum Gasteiger partial charge on any atom is -0.481 e. The first-order chi connectivity index (χ1) is 12.0. The number of para-hydroxylation sites is 1. The lowest BCUT2D eigenvalue weighted by molar-refractivity contribution is -0.139. The van der Waals surface area contributed by atoms with Gasteiger partial charge in [-0.25, -0.2) is 4.98 Å². The molecule has 2 aromatic rings. The minimum absolute atomic E-state index is 0.0497. The third kappa shape index (κ3) is 2.13. The van der Waals surface area contributed by atoms with Crippen molar-refractivity contribution in [1.29, 1.82) is 0 Å². The number of benzene rings is 1. The van der Waals surface area contributed by atoms with Gasteiger partial charge < -0.3 is 14.9 Å². The number of aliphatic carboxylic acids is 1. The third-order valence-electron chi connectivity index (χ3n) is 6.02. The molecule has 1 saturated carbocycles. The van der Waals surface area contributed by atoms with Crippen LogP contribution in [0.2, 0.25) is 5.02 Å². The Bertz CT molecular complexity index is 896. The van der Waals surface area contributed by atoms with E-state index in [0.29, 0.717) is 11.1 Å². The van der Waals surface area contributed by atoms with E-state index in [1.54, 1.807) is 0 Å². The molecule has 0 amide bonds. The van der Waals surface area contributed by atoms with E-state index in [4.69, 9.17) is 21.6 Å². The van der Waals surface area contributed by atoms with Crippen LogP contribution in [0.4, 0.5) is 11.8 Å². The molecule has 5 rings (SSSR count). The van der Waals surface area contributed by atoms with Crippen LogP contribution < -0.4 is 9.80 Å². The molecule has 3 fully saturated rings. The molecule has 0 radical (unpaired) electrons. The molecule has 1 aromatic carbocycles. The summed E-state index contributed by atoms with van der Waals surface area (Å²) in [5, 5.41) is 10.8. The first-order valence-corrected chi connectivity index (χ1v) is 9.07. The maximum absolute atomic E-state index is 11.2. The quantitative estimate of drug-likeness (QED) is 0.909. The first kappa shape index (κ1) is 15.2. The highest BCUT2D eigenvalue weighted by molar-refractivity contribution is 6.35. The fraction of sp³-hybridized carbons (Fsp3) is 0.500. The number of carbonyl (C=O) groups is 1. The monoisotopic (exact) mass is 358 g/mol. The van der Waals surface area contributed by atoms with E-state index < -0.39 is 5.97 Å². The van der Waals surface area contributed by atoms with Gasteiger partial charge in [-0.3, -0.25) is 4.79 Å². The maximum Gasteiger partial charge on any atom is 0.307 e. The van der Waals surface area contributed by atoms with Crippen molar-refractivity contribution in [3.8, 4) is 0 Å². The summed E-state index contributed by atoms with van der Waals surface area (Å²) in [7, 11) is 0. The second-order valence-corrected chi connectivity index (χ2v) is 8.03. The first-order valence-electron chi connectivity index (χ1n) is 8.69. The number of carboxylic acids is 1. The standard InChI is InChI=1S/C18H19ClN4O2/c1-10-5-6-23(10)17-20-14-11(3-2-4-13(14)19)15(21-17)22-8-18(9-22)7-12(18)16(24)25/h2-4,10,12H,5-9H2,1H3,(H,24,25)/t10-,12?/m0/s1. The van der Waals surface area contributed by atoms with Gasteiger partial charge in [0.2, 0.25) is 5.95 Å². The van der Waals surface area contributed by atoms with E-state index in [2.05, 4.69) is 16.7 Å². The van der Waals surface area contributed by atoms with E-state index in [0.717, 1.165) is 55.1 Å². The van der Waals surface area contributed by atoms with Crippen LogP contribution in [0.3, 0.4) is 0 Å². The number of anilines is 2. The Morgan fingerprint density at radius 1 is 1.36 bits per heavy atom. The van der Waals surface area contributed by atoms with Crippen LogP contribution in [-0.2, 0) is 4.79 Å². The number of hydrogen-bond donors (Lipinski definition) is 1. The number of carboxylic acid groups (broad SMARTS) is 1. The van der Waals surface area contributed by atoms with Crippen LogP contribution in [0, 0.1) is 11.3 Å². The highest BCUT2D eigenvalue weighted by Gasteiger charge is 2.65. The van der Waals surface area contributed by atoms with Crippen molar-refractivity contribution in [2.24, 2.45) is 11.3 Å². The topological polar surface area (TPSA) is 69.6 Å². The average molecular weight is 359 g/mol. The van der Waals surface area contributed by atoms with Gasteiger partial charge in [0, 0.05) is 36.5 Å².